The summed E-state index contributed by atoms with van der Waals surface area (Å²) >= 11 is 4.88. The first kappa shape index (κ1) is 14.5. The molecule has 1 unspecified atom stereocenters. The van der Waals surface area contributed by atoms with Crippen LogP contribution in [0.1, 0.15) is 28.8 Å². The van der Waals surface area contributed by atoms with E-state index < -0.39 is 12.0 Å². The zero-order valence-corrected chi connectivity index (χ0v) is 11.7. The quantitative estimate of drug-likeness (QED) is 0.815. The van der Waals surface area contributed by atoms with E-state index >= 15 is 0 Å². The molecular formula is C14H16N2O3S. The lowest BCUT2D eigenvalue weighted by atomic mass is 10.0. The highest BCUT2D eigenvalue weighted by atomic mass is 32.1. The smallest absolute Gasteiger partial charge is 0.326 e. The summed E-state index contributed by atoms with van der Waals surface area (Å²) in [7, 11) is 0. The first-order valence-corrected chi connectivity index (χ1v) is 6.81. The molecule has 0 radical (unpaired) electrons. The first-order chi connectivity index (χ1) is 9.50. The monoisotopic (exact) mass is 292 g/mol. The van der Waals surface area contributed by atoms with Gasteiger partial charge in [-0.2, -0.15) is 0 Å². The van der Waals surface area contributed by atoms with Gasteiger partial charge in [-0.25, -0.2) is 4.79 Å². The molecule has 1 amide bonds. The van der Waals surface area contributed by atoms with Gasteiger partial charge in [-0.15, -0.1) is 0 Å². The molecular weight excluding hydrogens is 276 g/mol. The minimum Gasteiger partial charge on any atom is -0.480 e. The molecule has 106 valence electrons. The van der Waals surface area contributed by atoms with E-state index in [1.807, 2.05) is 6.07 Å². The van der Waals surface area contributed by atoms with Crippen molar-refractivity contribution in [3.05, 3.63) is 35.4 Å². The molecule has 0 spiro atoms. The minimum atomic E-state index is -0.956. The lowest BCUT2D eigenvalue weighted by Crippen LogP contribution is -2.40. The minimum absolute atomic E-state index is 0.262. The van der Waals surface area contributed by atoms with Gasteiger partial charge in [0.2, 0.25) is 0 Å². The Labute approximate surface area is 122 Å². The van der Waals surface area contributed by atoms with Crippen LogP contribution in [0.3, 0.4) is 0 Å². The lowest BCUT2D eigenvalue weighted by molar-refractivity contribution is -0.141. The third-order valence-corrected chi connectivity index (χ3v) is 3.56. The van der Waals surface area contributed by atoms with Gasteiger partial charge in [0.1, 0.15) is 6.04 Å². The third kappa shape index (κ3) is 2.96. The number of hydrogen-bond donors (Lipinski definition) is 2. The molecule has 1 aliphatic heterocycles. The summed E-state index contributed by atoms with van der Waals surface area (Å²) in [5.74, 6) is -1.22. The second-order valence-electron chi connectivity index (χ2n) is 4.80. The molecule has 2 rings (SSSR count). The zero-order valence-electron chi connectivity index (χ0n) is 10.9. The molecule has 0 saturated carbocycles. The van der Waals surface area contributed by atoms with Crippen LogP contribution in [0.4, 0.5) is 0 Å². The Balaban J connectivity index is 2.29. The predicted molar refractivity (Wildman–Crippen MR) is 78.6 cm³/mol. The summed E-state index contributed by atoms with van der Waals surface area (Å²) in [5, 5.41) is 9.16. The molecule has 5 nitrogen and oxygen atoms in total. The largest absolute Gasteiger partial charge is 0.480 e. The summed E-state index contributed by atoms with van der Waals surface area (Å²) in [6.07, 6.45) is 1.54. The molecule has 1 atom stereocenters. The van der Waals surface area contributed by atoms with E-state index in [-0.39, 0.29) is 5.91 Å². The van der Waals surface area contributed by atoms with Crippen molar-refractivity contribution in [1.29, 1.82) is 0 Å². The molecule has 20 heavy (non-hydrogen) atoms. The van der Waals surface area contributed by atoms with Crippen LogP contribution in [0.15, 0.2) is 24.3 Å². The second-order valence-corrected chi connectivity index (χ2v) is 5.32. The number of nitrogens with zero attached hydrogens (tertiary/aromatic N) is 1. The molecule has 6 heteroatoms. The number of benzene rings is 1. The Morgan fingerprint density at radius 2 is 2.10 bits per heavy atom. The molecule has 1 heterocycles. The van der Waals surface area contributed by atoms with Crippen LogP contribution in [0.5, 0.6) is 0 Å². The van der Waals surface area contributed by atoms with Crippen molar-refractivity contribution < 1.29 is 14.7 Å². The van der Waals surface area contributed by atoms with Crippen molar-refractivity contribution >= 4 is 29.1 Å². The highest BCUT2D eigenvalue weighted by Crippen LogP contribution is 2.22. The molecule has 1 aromatic carbocycles. The standard InChI is InChI=1S/C14H16N2O3S/c15-12(20)8-9-4-1-2-5-10(9)13(17)16-7-3-6-11(16)14(18)19/h1-2,4-5,11H,3,6-8H2,(H2,15,20)(H,18,19). The van der Waals surface area contributed by atoms with E-state index in [0.29, 0.717) is 36.4 Å². The van der Waals surface area contributed by atoms with E-state index in [2.05, 4.69) is 0 Å². The number of carboxylic acids is 1. The number of amides is 1. The predicted octanol–water partition coefficient (Wildman–Crippen LogP) is 1.20. The second kappa shape index (κ2) is 6.00. The van der Waals surface area contributed by atoms with Gasteiger partial charge in [-0.3, -0.25) is 4.79 Å². The summed E-state index contributed by atoms with van der Waals surface area (Å²) in [4.78, 5) is 25.4. The van der Waals surface area contributed by atoms with Crippen LogP contribution in [0.25, 0.3) is 0 Å². The highest BCUT2D eigenvalue weighted by Gasteiger charge is 2.34. The van der Waals surface area contributed by atoms with Crippen molar-refractivity contribution in [2.24, 2.45) is 5.73 Å². The third-order valence-electron chi connectivity index (χ3n) is 3.41. The van der Waals surface area contributed by atoms with Crippen molar-refractivity contribution in [2.75, 3.05) is 6.54 Å². The summed E-state index contributed by atoms with van der Waals surface area (Å²) in [6, 6.07) is 6.30. The summed E-state index contributed by atoms with van der Waals surface area (Å²) in [5.41, 5.74) is 6.75. The van der Waals surface area contributed by atoms with Crippen LogP contribution in [0.2, 0.25) is 0 Å². The number of carboxylic acid groups (broad SMARTS) is 1. The normalized spacial score (nSPS) is 18.0. The fourth-order valence-electron chi connectivity index (χ4n) is 2.49. The maximum absolute atomic E-state index is 12.5. The number of aliphatic carboxylic acids is 1. The van der Waals surface area contributed by atoms with Gasteiger partial charge in [0.25, 0.3) is 5.91 Å². The molecule has 3 N–H and O–H groups in total. The molecule has 0 aromatic heterocycles. The van der Waals surface area contributed by atoms with Gasteiger partial charge < -0.3 is 15.7 Å². The van der Waals surface area contributed by atoms with Crippen molar-refractivity contribution in [3.8, 4) is 0 Å². The number of likely N-dealkylation sites (tertiary alicyclic amines) is 1. The van der Waals surface area contributed by atoms with E-state index in [1.165, 1.54) is 4.90 Å². The molecule has 0 bridgehead atoms. The van der Waals surface area contributed by atoms with Gasteiger partial charge in [0.05, 0.1) is 4.99 Å². The highest BCUT2D eigenvalue weighted by molar-refractivity contribution is 7.80. The van der Waals surface area contributed by atoms with Crippen molar-refractivity contribution in [3.63, 3.8) is 0 Å². The number of rotatable bonds is 4. The molecule has 0 aliphatic carbocycles. The number of nitrogens with two attached hydrogens (primary N) is 1. The van der Waals surface area contributed by atoms with Crippen LogP contribution >= 0.6 is 12.2 Å². The number of carbonyl (C=O) groups is 2. The molecule has 1 saturated heterocycles. The number of carbonyl (C=O) groups excluding carboxylic acids is 1. The molecule has 1 aromatic rings. The van der Waals surface area contributed by atoms with Gasteiger partial charge in [0.15, 0.2) is 0 Å². The van der Waals surface area contributed by atoms with Crippen molar-refractivity contribution in [1.82, 2.24) is 4.90 Å². The molecule has 1 fully saturated rings. The van der Waals surface area contributed by atoms with Crippen LogP contribution in [-0.4, -0.2) is 39.5 Å². The Morgan fingerprint density at radius 1 is 1.40 bits per heavy atom. The van der Waals surface area contributed by atoms with E-state index in [1.54, 1.807) is 18.2 Å². The van der Waals surface area contributed by atoms with Gasteiger partial charge >= 0.3 is 5.97 Å². The fraction of sp³-hybridized carbons (Fsp3) is 0.357. The number of hydrogen-bond acceptors (Lipinski definition) is 3. The average molecular weight is 292 g/mol. The van der Waals surface area contributed by atoms with Crippen LogP contribution in [-0.2, 0) is 11.2 Å². The maximum Gasteiger partial charge on any atom is 0.326 e. The van der Waals surface area contributed by atoms with E-state index in [4.69, 9.17) is 23.1 Å². The van der Waals surface area contributed by atoms with Gasteiger partial charge in [-0.1, -0.05) is 30.4 Å². The van der Waals surface area contributed by atoms with Crippen LogP contribution in [0, 0.1) is 0 Å². The Kier molecular flexibility index (Phi) is 4.34. The van der Waals surface area contributed by atoms with Gasteiger partial charge in [-0.05, 0) is 24.5 Å². The number of thiocarbonyl (C=S) groups is 1. The van der Waals surface area contributed by atoms with Crippen LogP contribution < -0.4 is 5.73 Å². The van der Waals surface area contributed by atoms with Gasteiger partial charge in [0, 0.05) is 18.5 Å². The fourth-order valence-corrected chi connectivity index (χ4v) is 2.65. The topological polar surface area (TPSA) is 83.6 Å². The van der Waals surface area contributed by atoms with Crippen molar-refractivity contribution in [2.45, 2.75) is 25.3 Å². The SMILES string of the molecule is NC(=S)Cc1ccccc1C(=O)N1CCCC1C(=O)O. The van der Waals surface area contributed by atoms with E-state index in [0.717, 1.165) is 5.56 Å². The maximum atomic E-state index is 12.5. The Bertz CT molecular complexity index is 559. The summed E-state index contributed by atoms with van der Waals surface area (Å²) in [6.45, 7) is 0.469. The Hall–Kier alpha value is -1.95. The zero-order chi connectivity index (χ0) is 14.7. The molecule has 1 aliphatic rings. The summed E-state index contributed by atoms with van der Waals surface area (Å²) < 4.78 is 0. The Morgan fingerprint density at radius 3 is 2.75 bits per heavy atom. The average Bonchev–Trinajstić information content (AvgIpc) is 2.87. The first-order valence-electron chi connectivity index (χ1n) is 6.40. The lowest BCUT2D eigenvalue weighted by Gasteiger charge is -2.22. The van der Waals surface area contributed by atoms with E-state index in [9.17, 15) is 9.59 Å².